The van der Waals surface area contributed by atoms with E-state index in [0.717, 1.165) is 0 Å². The van der Waals surface area contributed by atoms with Crippen LogP contribution >= 0.6 is 34.7 Å². The highest BCUT2D eigenvalue weighted by atomic mass is 35.5. The first-order valence-corrected chi connectivity index (χ1v) is 9.27. The van der Waals surface area contributed by atoms with Crippen molar-refractivity contribution in [1.82, 2.24) is 15.5 Å². The molecule has 106 valence electrons. The zero-order chi connectivity index (χ0) is 14.0. The van der Waals surface area contributed by atoms with Crippen molar-refractivity contribution in [3.8, 4) is 0 Å². The molecule has 0 aromatic carbocycles. The lowest BCUT2D eigenvalue weighted by molar-refractivity contribution is -0.119. The van der Waals surface area contributed by atoms with Gasteiger partial charge in [0.15, 0.2) is 14.2 Å². The zero-order valence-corrected chi connectivity index (χ0v) is 12.8. The highest BCUT2D eigenvalue weighted by Gasteiger charge is 2.37. The van der Waals surface area contributed by atoms with Gasteiger partial charge in [-0.3, -0.25) is 4.79 Å². The van der Waals surface area contributed by atoms with Gasteiger partial charge in [0.25, 0.3) is 0 Å². The van der Waals surface area contributed by atoms with E-state index in [4.69, 9.17) is 17.3 Å². The molecule has 1 aromatic heterocycles. The minimum Gasteiger partial charge on any atom is -0.374 e. The molecule has 0 bridgehead atoms. The maximum Gasteiger partial charge on any atom is 0.230 e. The molecule has 2 heterocycles. The Morgan fingerprint density at radius 1 is 1.53 bits per heavy atom. The number of anilines is 1. The number of amides is 1. The van der Waals surface area contributed by atoms with Crippen LogP contribution in [0.1, 0.15) is 0 Å². The van der Waals surface area contributed by atoms with E-state index in [9.17, 15) is 13.2 Å². The molecule has 19 heavy (non-hydrogen) atoms. The third kappa shape index (κ3) is 4.20. The van der Waals surface area contributed by atoms with Gasteiger partial charge < -0.3 is 11.1 Å². The number of carbonyl (C=O) groups is 1. The summed E-state index contributed by atoms with van der Waals surface area (Å²) >= 11 is 8.27. The summed E-state index contributed by atoms with van der Waals surface area (Å²) in [5, 5.41) is 9.77. The molecule has 1 saturated heterocycles. The van der Waals surface area contributed by atoms with E-state index in [1.165, 1.54) is 23.1 Å². The molecule has 1 aliphatic heterocycles. The van der Waals surface area contributed by atoms with Gasteiger partial charge in [-0.2, -0.15) is 0 Å². The van der Waals surface area contributed by atoms with Gasteiger partial charge >= 0.3 is 0 Å². The van der Waals surface area contributed by atoms with E-state index >= 15 is 0 Å². The predicted octanol–water partition coefficient (Wildman–Crippen LogP) is -0.267. The number of hydrogen-bond donors (Lipinski definition) is 2. The van der Waals surface area contributed by atoms with Crippen molar-refractivity contribution in [3.63, 3.8) is 0 Å². The number of nitrogen functional groups attached to an aromatic ring is 1. The number of nitrogens with zero attached hydrogens (tertiary/aromatic N) is 2. The Kier molecular flexibility index (Phi) is 4.54. The maximum atomic E-state index is 11.7. The fourth-order valence-corrected chi connectivity index (χ4v) is 5.59. The van der Waals surface area contributed by atoms with Crippen LogP contribution in [0.5, 0.6) is 0 Å². The Morgan fingerprint density at radius 3 is 2.79 bits per heavy atom. The number of nitrogens with two attached hydrogens (primary N) is 1. The Balaban J connectivity index is 1.82. The molecule has 1 fully saturated rings. The molecule has 1 amide bonds. The molecule has 2 rings (SSSR count). The first kappa shape index (κ1) is 14.8. The van der Waals surface area contributed by atoms with Gasteiger partial charge in [0.2, 0.25) is 11.0 Å². The Labute approximate surface area is 123 Å². The van der Waals surface area contributed by atoms with Crippen LogP contribution in [-0.2, 0) is 14.6 Å². The molecule has 0 radical (unpaired) electrons. The number of hydrogen-bond acceptors (Lipinski definition) is 8. The highest BCUT2D eigenvalue weighted by Crippen LogP contribution is 2.23. The van der Waals surface area contributed by atoms with Crippen molar-refractivity contribution in [3.05, 3.63) is 0 Å². The molecule has 1 aliphatic rings. The second kappa shape index (κ2) is 5.81. The number of thioether (sulfide) groups is 1. The number of nitrogens with one attached hydrogen (secondary N) is 1. The SMILES string of the molecule is Nc1nnc(SCC(=O)NC2CS(=O)(=O)CC2Cl)s1. The minimum atomic E-state index is -3.14. The summed E-state index contributed by atoms with van der Waals surface area (Å²) < 4.78 is 23.3. The van der Waals surface area contributed by atoms with Gasteiger partial charge in [0, 0.05) is 0 Å². The molecule has 2 unspecified atom stereocenters. The highest BCUT2D eigenvalue weighted by molar-refractivity contribution is 8.01. The monoisotopic (exact) mass is 342 g/mol. The van der Waals surface area contributed by atoms with Crippen LogP contribution < -0.4 is 11.1 Å². The van der Waals surface area contributed by atoms with E-state index in [-0.39, 0.29) is 23.2 Å². The number of halogens is 1. The lowest BCUT2D eigenvalue weighted by Gasteiger charge is -2.13. The van der Waals surface area contributed by atoms with Crippen molar-refractivity contribution in [1.29, 1.82) is 0 Å². The summed E-state index contributed by atoms with van der Waals surface area (Å²) in [5.74, 6) is -0.371. The first-order valence-electron chi connectivity index (χ1n) is 5.21. The lowest BCUT2D eigenvalue weighted by Crippen LogP contribution is -2.41. The summed E-state index contributed by atoms with van der Waals surface area (Å²) in [6.07, 6.45) is 0. The van der Waals surface area contributed by atoms with Crippen molar-refractivity contribution in [2.45, 2.75) is 15.8 Å². The summed E-state index contributed by atoms with van der Waals surface area (Å²) in [5.41, 5.74) is 5.41. The largest absolute Gasteiger partial charge is 0.374 e. The summed E-state index contributed by atoms with van der Waals surface area (Å²) in [4.78, 5) is 11.7. The zero-order valence-electron chi connectivity index (χ0n) is 9.58. The van der Waals surface area contributed by atoms with Gasteiger partial charge in [-0.1, -0.05) is 23.1 Å². The van der Waals surface area contributed by atoms with Gasteiger partial charge in [0.05, 0.1) is 28.7 Å². The molecule has 11 heteroatoms. The number of aromatic nitrogens is 2. The maximum absolute atomic E-state index is 11.7. The fourth-order valence-electron chi connectivity index (χ4n) is 1.59. The number of carbonyl (C=O) groups excluding carboxylic acids is 1. The topological polar surface area (TPSA) is 115 Å². The molecule has 2 atom stereocenters. The summed E-state index contributed by atoms with van der Waals surface area (Å²) in [7, 11) is -3.14. The Bertz CT molecular complexity index is 576. The van der Waals surface area contributed by atoms with Crippen LogP contribution in [0.3, 0.4) is 0 Å². The van der Waals surface area contributed by atoms with Crippen LogP contribution in [0.4, 0.5) is 5.13 Å². The van der Waals surface area contributed by atoms with E-state index < -0.39 is 21.3 Å². The van der Waals surface area contributed by atoms with Crippen molar-refractivity contribution >= 4 is 55.6 Å². The smallest absolute Gasteiger partial charge is 0.230 e. The van der Waals surface area contributed by atoms with Crippen molar-refractivity contribution in [2.75, 3.05) is 23.0 Å². The van der Waals surface area contributed by atoms with Crippen LogP contribution in [0, 0.1) is 0 Å². The van der Waals surface area contributed by atoms with Crippen LogP contribution in [0.25, 0.3) is 0 Å². The van der Waals surface area contributed by atoms with Crippen LogP contribution in [0.2, 0.25) is 0 Å². The van der Waals surface area contributed by atoms with Gasteiger partial charge in [-0.25, -0.2) is 8.42 Å². The van der Waals surface area contributed by atoms with Gasteiger partial charge in [-0.05, 0) is 0 Å². The first-order chi connectivity index (χ1) is 8.85. The lowest BCUT2D eigenvalue weighted by atomic mass is 10.2. The standard InChI is InChI=1S/C8H11ClN4O3S3/c9-4-2-19(15,16)3-5(4)11-6(14)1-17-8-13-12-7(10)18-8/h4-5H,1-3H2,(H2,10,12)(H,11,14). The van der Waals surface area contributed by atoms with E-state index in [2.05, 4.69) is 15.5 Å². The van der Waals surface area contributed by atoms with E-state index in [0.29, 0.717) is 9.47 Å². The molecule has 0 aliphatic carbocycles. The van der Waals surface area contributed by atoms with E-state index in [1.54, 1.807) is 0 Å². The second-order valence-electron chi connectivity index (χ2n) is 3.96. The average Bonchev–Trinajstić information content (AvgIpc) is 2.80. The molecule has 3 N–H and O–H groups in total. The van der Waals surface area contributed by atoms with Crippen LogP contribution in [-0.4, -0.2) is 53.2 Å². The Morgan fingerprint density at radius 2 is 2.26 bits per heavy atom. The molecule has 0 spiro atoms. The molecule has 1 aromatic rings. The molecular formula is C8H11ClN4O3S3. The third-order valence-electron chi connectivity index (χ3n) is 2.38. The number of sulfone groups is 1. The van der Waals surface area contributed by atoms with Crippen LogP contribution in [0.15, 0.2) is 4.34 Å². The normalized spacial score (nSPS) is 25.3. The van der Waals surface area contributed by atoms with Crippen molar-refractivity contribution < 1.29 is 13.2 Å². The molecule has 7 nitrogen and oxygen atoms in total. The number of rotatable bonds is 4. The minimum absolute atomic E-state index is 0.0976. The quantitative estimate of drug-likeness (QED) is 0.571. The van der Waals surface area contributed by atoms with E-state index in [1.807, 2.05) is 0 Å². The Hall–Kier alpha value is -0.580. The van der Waals surface area contributed by atoms with Crippen molar-refractivity contribution in [2.24, 2.45) is 0 Å². The average molecular weight is 343 g/mol. The van der Waals surface area contributed by atoms with Gasteiger partial charge in [0.1, 0.15) is 0 Å². The second-order valence-corrected chi connectivity index (χ2v) is 8.91. The molecule has 0 saturated carbocycles. The third-order valence-corrected chi connectivity index (χ3v) is 6.64. The summed E-state index contributed by atoms with van der Waals surface area (Å²) in [6.45, 7) is 0. The molecular weight excluding hydrogens is 332 g/mol. The number of alkyl halides is 1. The van der Waals surface area contributed by atoms with Gasteiger partial charge in [-0.15, -0.1) is 21.8 Å². The summed E-state index contributed by atoms with van der Waals surface area (Å²) in [6, 6.07) is -0.528. The fraction of sp³-hybridized carbons (Fsp3) is 0.625. The predicted molar refractivity (Wildman–Crippen MR) is 75.3 cm³/mol.